The molecule has 0 spiro atoms. The lowest BCUT2D eigenvalue weighted by molar-refractivity contribution is -0.136. The Hall–Kier alpha value is -1.65. The van der Waals surface area contributed by atoms with Gasteiger partial charge in [-0.05, 0) is 24.1 Å². The van der Waals surface area contributed by atoms with Gasteiger partial charge in [-0.25, -0.2) is 0 Å². The Morgan fingerprint density at radius 2 is 2.32 bits per heavy atom. The second kappa shape index (κ2) is 6.50. The van der Waals surface area contributed by atoms with Gasteiger partial charge < -0.3 is 14.7 Å². The Bertz CT molecular complexity index is 470. The van der Waals surface area contributed by atoms with Crippen LogP contribution in [0.1, 0.15) is 11.1 Å². The number of aliphatic hydroxyl groups is 1. The average Bonchev–Trinajstić information content (AvgIpc) is 2.46. The third kappa shape index (κ3) is 3.43. The molecule has 1 amide bonds. The van der Waals surface area contributed by atoms with Crippen LogP contribution in [0, 0.1) is 6.92 Å². The van der Waals surface area contributed by atoms with E-state index in [1.54, 1.807) is 11.0 Å². The van der Waals surface area contributed by atoms with Gasteiger partial charge in [0, 0.05) is 12.6 Å². The van der Waals surface area contributed by atoms with Gasteiger partial charge in [-0.1, -0.05) is 24.3 Å². The summed E-state index contributed by atoms with van der Waals surface area (Å²) < 4.78 is 5.26. The highest BCUT2D eigenvalue weighted by Gasteiger charge is 2.24. The Labute approximate surface area is 113 Å². The molecule has 1 aromatic carbocycles. The lowest BCUT2D eigenvalue weighted by Crippen LogP contribution is -2.49. The normalized spacial score (nSPS) is 19.9. The van der Waals surface area contributed by atoms with Gasteiger partial charge in [-0.3, -0.25) is 4.79 Å². The second-order valence-electron chi connectivity index (χ2n) is 4.63. The fraction of sp³-hybridized carbons (Fsp3) is 0.400. The van der Waals surface area contributed by atoms with E-state index in [1.807, 2.05) is 37.3 Å². The van der Waals surface area contributed by atoms with Gasteiger partial charge in [0.2, 0.25) is 5.91 Å². The third-order valence-corrected chi connectivity index (χ3v) is 3.32. The fourth-order valence-corrected chi connectivity index (χ4v) is 2.13. The Morgan fingerprint density at radius 3 is 3.05 bits per heavy atom. The number of aryl methyl sites for hydroxylation is 1. The molecule has 0 aromatic heterocycles. The van der Waals surface area contributed by atoms with Crippen molar-refractivity contribution in [1.29, 1.82) is 0 Å². The molecule has 1 saturated heterocycles. The molecular weight excluding hydrogens is 242 g/mol. The van der Waals surface area contributed by atoms with Crippen LogP contribution in [-0.4, -0.2) is 48.3 Å². The summed E-state index contributed by atoms with van der Waals surface area (Å²) in [5.74, 6) is -0.0781. The van der Waals surface area contributed by atoms with E-state index in [0.29, 0.717) is 19.8 Å². The topological polar surface area (TPSA) is 49.8 Å². The maximum Gasteiger partial charge on any atom is 0.247 e. The van der Waals surface area contributed by atoms with Crippen LogP contribution in [0.2, 0.25) is 0 Å². The summed E-state index contributed by atoms with van der Waals surface area (Å²) in [5, 5.41) is 9.24. The molecule has 2 rings (SSSR count). The second-order valence-corrected chi connectivity index (χ2v) is 4.63. The molecule has 1 fully saturated rings. The SMILES string of the molecule is Cc1ccccc1/C=C/C(=O)N1CCOCC1CO. The lowest BCUT2D eigenvalue weighted by Gasteiger charge is -2.33. The lowest BCUT2D eigenvalue weighted by atomic mass is 10.1. The molecule has 1 aromatic rings. The summed E-state index contributed by atoms with van der Waals surface area (Å²) in [4.78, 5) is 13.8. The van der Waals surface area contributed by atoms with Gasteiger partial charge in [0.05, 0.1) is 25.9 Å². The number of hydrogen-bond donors (Lipinski definition) is 1. The van der Waals surface area contributed by atoms with Crippen molar-refractivity contribution in [3.63, 3.8) is 0 Å². The van der Waals surface area contributed by atoms with Gasteiger partial charge in [0.1, 0.15) is 0 Å². The number of carbonyl (C=O) groups is 1. The first-order valence-corrected chi connectivity index (χ1v) is 6.45. The number of hydrogen-bond acceptors (Lipinski definition) is 3. The molecule has 1 aliphatic rings. The number of morpholine rings is 1. The van der Waals surface area contributed by atoms with Crippen LogP contribution in [0.4, 0.5) is 0 Å². The number of rotatable bonds is 3. The molecule has 1 unspecified atom stereocenters. The van der Waals surface area contributed by atoms with E-state index in [9.17, 15) is 9.90 Å². The molecule has 4 heteroatoms. The van der Waals surface area contributed by atoms with Crippen LogP contribution in [-0.2, 0) is 9.53 Å². The number of amides is 1. The van der Waals surface area contributed by atoms with E-state index in [0.717, 1.165) is 11.1 Å². The van der Waals surface area contributed by atoms with E-state index < -0.39 is 0 Å². The van der Waals surface area contributed by atoms with Gasteiger partial charge >= 0.3 is 0 Å². The highest BCUT2D eigenvalue weighted by Crippen LogP contribution is 2.11. The van der Waals surface area contributed by atoms with Crippen molar-refractivity contribution >= 4 is 12.0 Å². The standard InChI is InChI=1S/C15H19NO3/c1-12-4-2-3-5-13(12)6-7-15(18)16-8-9-19-11-14(16)10-17/h2-7,14,17H,8-11H2,1H3/b7-6+. The molecule has 1 atom stereocenters. The zero-order valence-corrected chi connectivity index (χ0v) is 11.1. The summed E-state index contributed by atoms with van der Waals surface area (Å²) in [5.41, 5.74) is 2.16. The molecule has 4 nitrogen and oxygen atoms in total. The maximum absolute atomic E-state index is 12.1. The highest BCUT2D eigenvalue weighted by atomic mass is 16.5. The number of ether oxygens (including phenoxy) is 1. The van der Waals surface area contributed by atoms with Crippen LogP contribution in [0.15, 0.2) is 30.3 Å². The van der Waals surface area contributed by atoms with Crippen molar-refractivity contribution < 1.29 is 14.6 Å². The van der Waals surface area contributed by atoms with E-state index in [-0.39, 0.29) is 18.6 Å². The van der Waals surface area contributed by atoms with E-state index in [2.05, 4.69) is 0 Å². The zero-order valence-electron chi connectivity index (χ0n) is 11.1. The minimum Gasteiger partial charge on any atom is -0.394 e. The van der Waals surface area contributed by atoms with Crippen molar-refractivity contribution in [2.45, 2.75) is 13.0 Å². The number of nitrogens with zero attached hydrogens (tertiary/aromatic N) is 1. The van der Waals surface area contributed by atoms with Crippen LogP contribution in [0.5, 0.6) is 0 Å². The zero-order chi connectivity index (χ0) is 13.7. The van der Waals surface area contributed by atoms with Crippen molar-refractivity contribution in [2.75, 3.05) is 26.4 Å². The van der Waals surface area contributed by atoms with Crippen molar-refractivity contribution in [3.05, 3.63) is 41.5 Å². The van der Waals surface area contributed by atoms with Gasteiger partial charge in [0.25, 0.3) is 0 Å². The number of aliphatic hydroxyl groups excluding tert-OH is 1. The largest absolute Gasteiger partial charge is 0.394 e. The molecule has 0 aliphatic carbocycles. The maximum atomic E-state index is 12.1. The smallest absolute Gasteiger partial charge is 0.247 e. The van der Waals surface area contributed by atoms with E-state index in [4.69, 9.17) is 4.74 Å². The van der Waals surface area contributed by atoms with Crippen LogP contribution >= 0.6 is 0 Å². The summed E-state index contributed by atoms with van der Waals surface area (Å²) in [6, 6.07) is 7.67. The summed E-state index contributed by atoms with van der Waals surface area (Å²) in [6.07, 6.45) is 3.39. The summed E-state index contributed by atoms with van der Waals surface area (Å²) in [7, 11) is 0. The predicted molar refractivity (Wildman–Crippen MR) is 73.6 cm³/mol. The minimum atomic E-state index is -0.234. The molecule has 19 heavy (non-hydrogen) atoms. The molecular formula is C15H19NO3. The minimum absolute atomic E-state index is 0.0655. The molecule has 0 bridgehead atoms. The highest BCUT2D eigenvalue weighted by molar-refractivity contribution is 5.92. The molecule has 1 heterocycles. The van der Waals surface area contributed by atoms with Crippen molar-refractivity contribution in [1.82, 2.24) is 4.90 Å². The Morgan fingerprint density at radius 1 is 1.53 bits per heavy atom. The number of carbonyl (C=O) groups excluding carboxylic acids is 1. The first-order valence-electron chi connectivity index (χ1n) is 6.45. The Kier molecular flexibility index (Phi) is 4.71. The van der Waals surface area contributed by atoms with Crippen LogP contribution in [0.3, 0.4) is 0 Å². The predicted octanol–water partition coefficient (Wildman–Crippen LogP) is 1.23. The molecule has 102 valence electrons. The van der Waals surface area contributed by atoms with Crippen molar-refractivity contribution in [2.24, 2.45) is 0 Å². The van der Waals surface area contributed by atoms with Gasteiger partial charge in [-0.15, -0.1) is 0 Å². The van der Waals surface area contributed by atoms with Gasteiger partial charge in [0.15, 0.2) is 0 Å². The monoisotopic (exact) mass is 261 g/mol. The van der Waals surface area contributed by atoms with Crippen molar-refractivity contribution in [3.8, 4) is 0 Å². The van der Waals surface area contributed by atoms with Gasteiger partial charge in [-0.2, -0.15) is 0 Å². The first kappa shape index (κ1) is 13.8. The van der Waals surface area contributed by atoms with Crippen LogP contribution in [0.25, 0.3) is 6.08 Å². The first-order chi connectivity index (χ1) is 9.22. The van der Waals surface area contributed by atoms with E-state index in [1.165, 1.54) is 0 Å². The van der Waals surface area contributed by atoms with E-state index >= 15 is 0 Å². The molecule has 1 N–H and O–H groups in total. The summed E-state index contributed by atoms with van der Waals surface area (Å²) >= 11 is 0. The summed E-state index contributed by atoms with van der Waals surface area (Å²) in [6.45, 7) is 3.41. The quantitative estimate of drug-likeness (QED) is 0.833. The van der Waals surface area contributed by atoms with Crippen LogP contribution < -0.4 is 0 Å². The fourth-order valence-electron chi connectivity index (χ4n) is 2.13. The number of benzene rings is 1. The molecule has 1 aliphatic heterocycles. The Balaban J connectivity index is 2.06. The molecule has 0 radical (unpaired) electrons. The third-order valence-electron chi connectivity index (χ3n) is 3.32. The average molecular weight is 261 g/mol. The molecule has 0 saturated carbocycles.